The van der Waals surface area contributed by atoms with Crippen molar-refractivity contribution >= 4 is 0 Å². The molecule has 1 aliphatic carbocycles. The zero-order chi connectivity index (χ0) is 12.4. The molecular formula is C15H23N3. The van der Waals surface area contributed by atoms with Crippen LogP contribution in [0.25, 0.3) is 0 Å². The fraction of sp³-hybridized carbons (Fsp3) is 0.600. The first-order chi connectivity index (χ1) is 8.81. The van der Waals surface area contributed by atoms with Crippen LogP contribution in [-0.2, 0) is 12.8 Å². The summed E-state index contributed by atoms with van der Waals surface area (Å²) in [6.07, 6.45) is 3.67. The van der Waals surface area contributed by atoms with Crippen molar-refractivity contribution < 1.29 is 0 Å². The third kappa shape index (κ3) is 2.74. The number of hydrogen-bond acceptors (Lipinski definition) is 3. The van der Waals surface area contributed by atoms with E-state index in [1.165, 1.54) is 37.9 Å². The number of nitrogens with one attached hydrogen (secondary N) is 1. The molecule has 0 aromatic heterocycles. The lowest BCUT2D eigenvalue weighted by molar-refractivity contribution is 0.0836. The van der Waals surface area contributed by atoms with E-state index in [1.807, 2.05) is 0 Å². The average molecular weight is 245 g/mol. The maximum atomic E-state index is 3.73. The van der Waals surface area contributed by atoms with Gasteiger partial charge in [-0.15, -0.1) is 0 Å². The summed E-state index contributed by atoms with van der Waals surface area (Å²) in [5, 5.41) is 2.42. The maximum Gasteiger partial charge on any atom is 0.0259 e. The molecule has 3 nitrogen and oxygen atoms in total. The highest BCUT2D eigenvalue weighted by Gasteiger charge is 2.21. The lowest BCUT2D eigenvalue weighted by Crippen LogP contribution is -2.54. The summed E-state index contributed by atoms with van der Waals surface area (Å²) in [6, 6.07) is 9.52. The molecule has 2 aliphatic rings. The van der Waals surface area contributed by atoms with Gasteiger partial charge in [0.15, 0.2) is 0 Å². The average Bonchev–Trinajstić information content (AvgIpc) is 2.41. The first kappa shape index (κ1) is 12.2. The molecule has 3 rings (SSSR count). The zero-order valence-corrected chi connectivity index (χ0v) is 11.2. The number of hydrogen-bond donors (Lipinski definition) is 1. The highest BCUT2D eigenvalue weighted by Crippen LogP contribution is 2.21. The molecule has 1 aromatic rings. The minimum Gasteiger partial charge on any atom is -0.304 e. The van der Waals surface area contributed by atoms with Crippen molar-refractivity contribution in [3.05, 3.63) is 35.4 Å². The molecule has 3 heteroatoms. The molecule has 0 saturated carbocycles. The first-order valence-corrected chi connectivity index (χ1v) is 7.08. The Morgan fingerprint density at radius 3 is 2.56 bits per heavy atom. The van der Waals surface area contributed by atoms with Gasteiger partial charge in [0.05, 0.1) is 0 Å². The molecule has 0 bridgehead atoms. The number of nitrogens with zero attached hydrogens (tertiary/aromatic N) is 2. The van der Waals surface area contributed by atoms with E-state index in [1.54, 1.807) is 5.56 Å². The van der Waals surface area contributed by atoms with Crippen molar-refractivity contribution in [2.24, 2.45) is 0 Å². The summed E-state index contributed by atoms with van der Waals surface area (Å²) in [6.45, 7) is 4.65. The fourth-order valence-corrected chi connectivity index (χ4v) is 3.00. The van der Waals surface area contributed by atoms with Gasteiger partial charge in [-0.25, -0.2) is 5.01 Å². The molecule has 1 fully saturated rings. The van der Waals surface area contributed by atoms with E-state index in [4.69, 9.17) is 0 Å². The van der Waals surface area contributed by atoms with Gasteiger partial charge in [0, 0.05) is 32.2 Å². The number of fused-ring (bicyclic) bond motifs is 1. The van der Waals surface area contributed by atoms with Crippen molar-refractivity contribution in [2.75, 3.05) is 33.2 Å². The molecule has 0 unspecified atom stereocenters. The Bertz CT molecular complexity index is 396. The Hall–Kier alpha value is -0.900. The van der Waals surface area contributed by atoms with E-state index < -0.39 is 0 Å². The quantitative estimate of drug-likeness (QED) is 0.847. The van der Waals surface area contributed by atoms with Crippen LogP contribution in [0.3, 0.4) is 0 Å². The van der Waals surface area contributed by atoms with Gasteiger partial charge in [-0.1, -0.05) is 24.3 Å². The smallest absolute Gasteiger partial charge is 0.0259 e. The standard InChI is InChI=1S/C15H23N3/c1-17-8-10-18(11-9-17)16-15-7-6-13-4-2-3-5-14(13)12-15/h2-5,15-16H,6-12H2,1H3/t15-/m0/s1. The monoisotopic (exact) mass is 245 g/mol. The molecule has 0 spiro atoms. The van der Waals surface area contributed by atoms with E-state index in [9.17, 15) is 0 Å². The summed E-state index contributed by atoms with van der Waals surface area (Å²) in [5.41, 5.74) is 6.81. The molecule has 0 amide bonds. The lowest BCUT2D eigenvalue weighted by atomic mass is 9.89. The van der Waals surface area contributed by atoms with Crippen LogP contribution in [0.5, 0.6) is 0 Å². The highest BCUT2D eigenvalue weighted by molar-refractivity contribution is 5.30. The van der Waals surface area contributed by atoms with E-state index in [0.717, 1.165) is 13.1 Å². The van der Waals surface area contributed by atoms with Crippen LogP contribution >= 0.6 is 0 Å². The first-order valence-electron chi connectivity index (χ1n) is 7.08. The molecule has 1 saturated heterocycles. The summed E-state index contributed by atoms with van der Waals surface area (Å²) in [7, 11) is 2.20. The minimum atomic E-state index is 0.628. The Balaban J connectivity index is 1.56. The number of piperazine rings is 1. The predicted molar refractivity (Wildman–Crippen MR) is 74.5 cm³/mol. The van der Waals surface area contributed by atoms with E-state index in [2.05, 4.69) is 46.6 Å². The highest BCUT2D eigenvalue weighted by atomic mass is 15.5. The largest absolute Gasteiger partial charge is 0.304 e. The van der Waals surface area contributed by atoms with Crippen molar-refractivity contribution in [3.63, 3.8) is 0 Å². The van der Waals surface area contributed by atoms with Crippen LogP contribution in [0.15, 0.2) is 24.3 Å². The van der Waals surface area contributed by atoms with Crippen LogP contribution < -0.4 is 5.43 Å². The zero-order valence-electron chi connectivity index (χ0n) is 11.2. The van der Waals surface area contributed by atoms with E-state index in [0.29, 0.717) is 6.04 Å². The van der Waals surface area contributed by atoms with Crippen molar-refractivity contribution in [1.29, 1.82) is 0 Å². The number of rotatable bonds is 2. The number of aryl methyl sites for hydroxylation is 1. The molecule has 98 valence electrons. The molecule has 1 atom stereocenters. The molecule has 1 heterocycles. The number of likely N-dealkylation sites (N-methyl/N-ethyl adjacent to an activating group) is 1. The molecule has 1 aromatic carbocycles. The Kier molecular flexibility index (Phi) is 3.64. The van der Waals surface area contributed by atoms with Crippen LogP contribution in [0.4, 0.5) is 0 Å². The second kappa shape index (κ2) is 5.39. The van der Waals surface area contributed by atoms with Gasteiger partial charge in [-0.05, 0) is 37.4 Å². The molecule has 1 aliphatic heterocycles. The van der Waals surface area contributed by atoms with E-state index in [-0.39, 0.29) is 0 Å². The van der Waals surface area contributed by atoms with Crippen molar-refractivity contribution in [2.45, 2.75) is 25.3 Å². The number of benzene rings is 1. The Morgan fingerprint density at radius 1 is 1.06 bits per heavy atom. The maximum absolute atomic E-state index is 3.73. The lowest BCUT2D eigenvalue weighted by Gasteiger charge is -2.36. The van der Waals surface area contributed by atoms with Gasteiger partial charge < -0.3 is 4.90 Å². The van der Waals surface area contributed by atoms with Crippen molar-refractivity contribution in [3.8, 4) is 0 Å². The van der Waals surface area contributed by atoms with Crippen LogP contribution in [0.2, 0.25) is 0 Å². The summed E-state index contributed by atoms with van der Waals surface area (Å²) >= 11 is 0. The summed E-state index contributed by atoms with van der Waals surface area (Å²) in [5.74, 6) is 0. The molecule has 18 heavy (non-hydrogen) atoms. The van der Waals surface area contributed by atoms with Gasteiger partial charge in [0.1, 0.15) is 0 Å². The van der Waals surface area contributed by atoms with Gasteiger partial charge in [-0.3, -0.25) is 5.43 Å². The van der Waals surface area contributed by atoms with Crippen LogP contribution in [-0.4, -0.2) is 49.2 Å². The summed E-state index contributed by atoms with van der Waals surface area (Å²) in [4.78, 5) is 2.40. The van der Waals surface area contributed by atoms with Gasteiger partial charge >= 0.3 is 0 Å². The molecular weight excluding hydrogens is 222 g/mol. The second-order valence-corrected chi connectivity index (χ2v) is 5.63. The van der Waals surface area contributed by atoms with E-state index >= 15 is 0 Å². The minimum absolute atomic E-state index is 0.628. The summed E-state index contributed by atoms with van der Waals surface area (Å²) < 4.78 is 0. The third-order valence-electron chi connectivity index (χ3n) is 4.22. The number of hydrazine groups is 1. The van der Waals surface area contributed by atoms with Crippen LogP contribution in [0, 0.1) is 0 Å². The van der Waals surface area contributed by atoms with Crippen molar-refractivity contribution in [1.82, 2.24) is 15.3 Å². The van der Waals surface area contributed by atoms with Gasteiger partial charge in [-0.2, -0.15) is 0 Å². The predicted octanol–water partition coefficient (Wildman–Crippen LogP) is 1.30. The molecule has 1 N–H and O–H groups in total. The molecule has 0 radical (unpaired) electrons. The van der Waals surface area contributed by atoms with Crippen LogP contribution in [0.1, 0.15) is 17.5 Å². The van der Waals surface area contributed by atoms with Gasteiger partial charge in [0.2, 0.25) is 0 Å². The SMILES string of the molecule is CN1CCN(N[C@H]2CCc3ccccc3C2)CC1. The normalized spacial score (nSPS) is 25.9. The topological polar surface area (TPSA) is 18.5 Å². The second-order valence-electron chi connectivity index (χ2n) is 5.63. The van der Waals surface area contributed by atoms with Gasteiger partial charge in [0.25, 0.3) is 0 Å². The third-order valence-corrected chi connectivity index (χ3v) is 4.22. The fourth-order valence-electron chi connectivity index (χ4n) is 3.00. The Morgan fingerprint density at radius 2 is 1.78 bits per heavy atom. The Labute approximate surface area is 110 Å².